The Kier molecular flexibility index (Phi) is 5.62. The van der Waals surface area contributed by atoms with E-state index in [4.69, 9.17) is 10.5 Å². The first kappa shape index (κ1) is 19.8. The molecule has 0 spiro atoms. The summed E-state index contributed by atoms with van der Waals surface area (Å²) < 4.78 is 19.9. The van der Waals surface area contributed by atoms with Crippen LogP contribution in [0.4, 0.5) is 10.3 Å². The number of rotatable bonds is 2. The molecule has 3 aromatic rings. The molecule has 0 unspecified atom stereocenters. The van der Waals surface area contributed by atoms with Gasteiger partial charge in [0.15, 0.2) is 11.3 Å². The number of benzene rings is 1. The fraction of sp³-hybridized carbons (Fsp3) is 0.474. The number of piperidine rings is 1. The molecule has 0 bridgehead atoms. The molecule has 0 atom stereocenters. The number of hydrogen-bond acceptors (Lipinski definition) is 6. The highest BCUT2D eigenvalue weighted by Gasteiger charge is 2.31. The number of amides is 1. The van der Waals surface area contributed by atoms with Crippen molar-refractivity contribution < 1.29 is 13.9 Å². The van der Waals surface area contributed by atoms with Crippen LogP contribution < -0.4 is 10.5 Å². The van der Waals surface area contributed by atoms with Crippen LogP contribution in [-0.2, 0) is 4.79 Å². The summed E-state index contributed by atoms with van der Waals surface area (Å²) in [6.45, 7) is 4.10. The van der Waals surface area contributed by atoms with E-state index in [2.05, 4.69) is 15.1 Å². The second kappa shape index (κ2) is 7.95. The summed E-state index contributed by atoms with van der Waals surface area (Å²) in [6.07, 6.45) is 4.65. The smallest absolute Gasteiger partial charge is 0.259 e. The van der Waals surface area contributed by atoms with Gasteiger partial charge in [-0.2, -0.15) is 9.61 Å². The second-order valence-corrected chi connectivity index (χ2v) is 7.15. The summed E-state index contributed by atoms with van der Waals surface area (Å²) >= 11 is 0. The molecule has 1 aromatic carbocycles. The Bertz CT molecular complexity index is 976. The molecule has 9 heteroatoms. The van der Waals surface area contributed by atoms with Crippen molar-refractivity contribution >= 4 is 28.4 Å². The number of nitrogens with zero attached hydrogens (tertiary/aromatic N) is 5. The van der Waals surface area contributed by atoms with E-state index in [1.165, 1.54) is 24.7 Å². The maximum atomic E-state index is 13.2. The van der Waals surface area contributed by atoms with Crippen LogP contribution in [-0.4, -0.2) is 56.3 Å². The molecule has 1 aliphatic heterocycles. The predicted molar refractivity (Wildman–Crippen MR) is 105 cm³/mol. The van der Waals surface area contributed by atoms with Gasteiger partial charge in [0.05, 0.1) is 7.11 Å². The van der Waals surface area contributed by atoms with Gasteiger partial charge in [-0.25, -0.2) is 14.4 Å². The second-order valence-electron chi connectivity index (χ2n) is 7.15. The first-order chi connectivity index (χ1) is 13.3. The molecule has 1 amide bonds. The highest BCUT2D eigenvalue weighted by Crippen LogP contribution is 2.26. The monoisotopic (exact) mass is 388 g/mol. The molecule has 2 N–H and O–H groups in total. The summed E-state index contributed by atoms with van der Waals surface area (Å²) in [5, 5.41) is 4.87. The number of nitrogens with two attached hydrogens (primary N) is 1. The number of methoxy groups -OCH3 is 1. The van der Waals surface area contributed by atoms with Crippen molar-refractivity contribution in [3.05, 3.63) is 24.5 Å². The number of fused-ring (bicyclic) bond motifs is 3. The first-order valence-electron chi connectivity index (χ1n) is 9.23. The molecular weight excluding hydrogens is 363 g/mol. The van der Waals surface area contributed by atoms with E-state index in [0.717, 1.165) is 37.7 Å². The summed E-state index contributed by atoms with van der Waals surface area (Å²) in [4.78, 5) is 21.4. The maximum absolute atomic E-state index is 13.2. The average molecular weight is 388 g/mol. The zero-order valence-electron chi connectivity index (χ0n) is 16.4. The van der Waals surface area contributed by atoms with Crippen molar-refractivity contribution in [1.82, 2.24) is 24.5 Å². The van der Waals surface area contributed by atoms with Crippen LogP contribution in [0, 0.1) is 0 Å². The van der Waals surface area contributed by atoms with E-state index in [1.54, 1.807) is 12.0 Å². The molecule has 0 radical (unpaired) electrons. The molecule has 150 valence electrons. The summed E-state index contributed by atoms with van der Waals surface area (Å²) in [5.41, 5.74) is 5.47. The molecule has 1 fully saturated rings. The topological polar surface area (TPSA) is 98.6 Å². The largest absolute Gasteiger partial charge is 0.494 e. The summed E-state index contributed by atoms with van der Waals surface area (Å²) in [7, 11) is 1.60. The van der Waals surface area contributed by atoms with Gasteiger partial charge in [-0.15, -0.1) is 0 Å². The lowest BCUT2D eigenvalue weighted by Gasteiger charge is -2.30. The van der Waals surface area contributed by atoms with Gasteiger partial charge in [0, 0.05) is 18.5 Å². The Morgan fingerprint density at radius 3 is 2.61 bits per heavy atom. The van der Waals surface area contributed by atoms with E-state index in [1.807, 2.05) is 18.2 Å². The number of anilines is 1. The lowest BCUT2D eigenvalue weighted by Crippen LogP contribution is -2.44. The van der Waals surface area contributed by atoms with Gasteiger partial charge < -0.3 is 15.4 Å². The zero-order valence-corrected chi connectivity index (χ0v) is 16.4. The van der Waals surface area contributed by atoms with Crippen LogP contribution in [0.2, 0.25) is 0 Å². The first-order valence-corrected chi connectivity index (χ1v) is 9.23. The van der Waals surface area contributed by atoms with Crippen molar-refractivity contribution in [2.24, 2.45) is 0 Å². The van der Waals surface area contributed by atoms with Gasteiger partial charge >= 0.3 is 0 Å². The van der Waals surface area contributed by atoms with Crippen molar-refractivity contribution in [1.29, 1.82) is 0 Å². The van der Waals surface area contributed by atoms with Gasteiger partial charge in [0.1, 0.15) is 17.6 Å². The third-order valence-corrected chi connectivity index (χ3v) is 4.60. The Labute approximate surface area is 162 Å². The minimum atomic E-state index is -1.70. The molecule has 1 aliphatic rings. The number of carbonyl (C=O) groups excluding carboxylic acids is 1. The van der Waals surface area contributed by atoms with Crippen molar-refractivity contribution in [2.75, 3.05) is 25.9 Å². The number of alkyl halides is 1. The van der Waals surface area contributed by atoms with E-state index < -0.39 is 5.67 Å². The van der Waals surface area contributed by atoms with Crippen LogP contribution in [0.1, 0.15) is 33.1 Å². The van der Waals surface area contributed by atoms with Gasteiger partial charge in [0.2, 0.25) is 5.95 Å². The van der Waals surface area contributed by atoms with Crippen LogP contribution in [0.15, 0.2) is 24.5 Å². The van der Waals surface area contributed by atoms with Crippen LogP contribution >= 0.6 is 0 Å². The van der Waals surface area contributed by atoms with Gasteiger partial charge in [-0.3, -0.25) is 4.79 Å². The summed E-state index contributed by atoms with van der Waals surface area (Å²) in [5.74, 6) is 0.612. The fourth-order valence-electron chi connectivity index (χ4n) is 3.21. The average Bonchev–Trinajstić information content (AvgIpc) is 3.18. The minimum absolute atomic E-state index is 0.296. The quantitative estimate of drug-likeness (QED) is 0.725. The molecule has 0 saturated carbocycles. The van der Waals surface area contributed by atoms with E-state index in [0.29, 0.717) is 22.9 Å². The van der Waals surface area contributed by atoms with Crippen molar-refractivity contribution in [2.45, 2.75) is 38.8 Å². The van der Waals surface area contributed by atoms with Gasteiger partial charge in [0.25, 0.3) is 5.91 Å². The number of likely N-dealkylation sites (tertiary alicyclic amines) is 1. The lowest BCUT2D eigenvalue weighted by atomic mass is 10.1. The molecule has 1 saturated heterocycles. The van der Waals surface area contributed by atoms with Crippen molar-refractivity contribution in [3.63, 3.8) is 0 Å². The third kappa shape index (κ3) is 3.97. The molecule has 0 aliphatic carbocycles. The minimum Gasteiger partial charge on any atom is -0.494 e. The van der Waals surface area contributed by atoms with E-state index in [9.17, 15) is 9.18 Å². The summed E-state index contributed by atoms with van der Waals surface area (Å²) in [6, 6.07) is 5.63. The maximum Gasteiger partial charge on any atom is 0.259 e. The Hall–Kier alpha value is -2.97. The predicted octanol–water partition coefficient (Wildman–Crippen LogP) is 2.62. The molecule has 3 heterocycles. The Balaban J connectivity index is 0.000000169. The number of ether oxygens (including phenoxy) is 1. The van der Waals surface area contributed by atoms with Crippen molar-refractivity contribution in [3.8, 4) is 5.75 Å². The van der Waals surface area contributed by atoms with Gasteiger partial charge in [-0.1, -0.05) is 6.07 Å². The molecule has 8 nitrogen and oxygen atoms in total. The van der Waals surface area contributed by atoms with Crippen LogP contribution in [0.5, 0.6) is 5.75 Å². The number of nitrogen functional groups attached to an aromatic ring is 1. The number of hydrogen-bond donors (Lipinski definition) is 1. The standard InChI is InChI=1S/C10H9N5O.C9H16FNO/c1-16-7-4-2-3-6-8(7)14-10(11)15-9(6)12-5-13-15;1-9(2,10)8(12)11-6-4-3-5-7-11/h2-5H,1H3,(H2,11,14);3-7H2,1-2H3. The Morgan fingerprint density at radius 1 is 1.25 bits per heavy atom. The number of para-hydroxylation sites is 1. The zero-order chi connectivity index (χ0) is 20.3. The number of carbonyl (C=O) groups is 1. The van der Waals surface area contributed by atoms with Gasteiger partial charge in [-0.05, 0) is 45.2 Å². The molecule has 4 rings (SSSR count). The van der Waals surface area contributed by atoms with E-state index in [-0.39, 0.29) is 5.91 Å². The highest BCUT2D eigenvalue weighted by molar-refractivity contribution is 5.95. The normalized spacial score (nSPS) is 14.6. The number of aromatic nitrogens is 4. The van der Waals surface area contributed by atoms with Crippen LogP contribution in [0.3, 0.4) is 0 Å². The Morgan fingerprint density at radius 2 is 1.96 bits per heavy atom. The molecule has 2 aromatic heterocycles. The third-order valence-electron chi connectivity index (χ3n) is 4.60. The lowest BCUT2D eigenvalue weighted by molar-refractivity contribution is -0.142. The SMILES string of the molecule is CC(C)(F)C(=O)N1CCCCC1.COc1cccc2c1nc(N)n1ncnc21. The highest BCUT2D eigenvalue weighted by atomic mass is 19.1. The number of halogens is 1. The molecular formula is C19H25FN6O2. The van der Waals surface area contributed by atoms with Crippen LogP contribution in [0.25, 0.3) is 16.6 Å². The molecule has 28 heavy (non-hydrogen) atoms. The van der Waals surface area contributed by atoms with E-state index >= 15 is 0 Å². The fourth-order valence-corrected chi connectivity index (χ4v) is 3.21.